The van der Waals surface area contributed by atoms with E-state index >= 15 is 0 Å². The molecule has 0 fully saturated rings. The normalized spacial score (nSPS) is 13.4. The van der Waals surface area contributed by atoms with Crippen LogP contribution in [0, 0.1) is 0 Å². The van der Waals surface area contributed by atoms with Gasteiger partial charge in [-0.1, -0.05) is 6.42 Å². The number of hydrogen-bond acceptors (Lipinski definition) is 6. The second-order valence-corrected chi connectivity index (χ2v) is 8.02. The summed E-state index contributed by atoms with van der Waals surface area (Å²) in [4.78, 5) is 30.5. The number of fused-ring (bicyclic) bond motifs is 1. The molecular formula is C21H22N4O3S. The minimum Gasteiger partial charge on any atom is -0.497 e. The molecule has 3 aromatic rings. The molecule has 0 unspecified atom stereocenters. The van der Waals surface area contributed by atoms with Crippen molar-refractivity contribution in [3.05, 3.63) is 57.3 Å². The number of nitrogens with one attached hydrogen (secondary N) is 1. The van der Waals surface area contributed by atoms with Crippen molar-refractivity contribution in [1.82, 2.24) is 14.8 Å². The first kappa shape index (κ1) is 19.3. The molecule has 4 rings (SSSR count). The highest BCUT2D eigenvalue weighted by Crippen LogP contribution is 2.28. The van der Waals surface area contributed by atoms with Crippen LogP contribution in [0.3, 0.4) is 0 Å². The maximum absolute atomic E-state index is 12.5. The van der Waals surface area contributed by atoms with Crippen LogP contribution in [0.25, 0.3) is 11.3 Å². The van der Waals surface area contributed by atoms with Crippen LogP contribution >= 0.6 is 11.3 Å². The van der Waals surface area contributed by atoms with Gasteiger partial charge in [0, 0.05) is 16.5 Å². The molecule has 1 aliphatic rings. The number of nitrogens with zero attached hydrogens (tertiary/aromatic N) is 3. The van der Waals surface area contributed by atoms with E-state index in [-0.39, 0.29) is 18.0 Å². The molecule has 0 atom stereocenters. The molecule has 2 aromatic heterocycles. The number of benzene rings is 1. The summed E-state index contributed by atoms with van der Waals surface area (Å²) in [6.07, 6.45) is 5.52. The van der Waals surface area contributed by atoms with Crippen LogP contribution in [-0.4, -0.2) is 27.8 Å². The maximum Gasteiger partial charge on any atom is 0.267 e. The Labute approximate surface area is 172 Å². The summed E-state index contributed by atoms with van der Waals surface area (Å²) in [5, 5.41) is 7.76. The van der Waals surface area contributed by atoms with Gasteiger partial charge in [-0.2, -0.15) is 5.10 Å². The van der Waals surface area contributed by atoms with Crippen molar-refractivity contribution in [3.63, 3.8) is 0 Å². The summed E-state index contributed by atoms with van der Waals surface area (Å²) >= 11 is 1.53. The Balaban J connectivity index is 1.48. The second kappa shape index (κ2) is 8.57. The molecule has 0 bridgehead atoms. The smallest absolute Gasteiger partial charge is 0.267 e. The van der Waals surface area contributed by atoms with E-state index in [1.54, 1.807) is 13.2 Å². The highest BCUT2D eigenvalue weighted by atomic mass is 32.1. The van der Waals surface area contributed by atoms with Crippen LogP contribution in [-0.2, 0) is 24.2 Å². The number of methoxy groups -OCH3 is 1. The molecule has 1 amide bonds. The SMILES string of the molecule is COc1ccc(-c2ccc(=O)n(CC(=O)Nc3nc4c(s3)CCCCC4)n2)cc1. The highest BCUT2D eigenvalue weighted by molar-refractivity contribution is 7.15. The molecule has 0 saturated heterocycles. The molecule has 1 N–H and O–H groups in total. The molecule has 7 nitrogen and oxygen atoms in total. The van der Waals surface area contributed by atoms with Crippen molar-refractivity contribution in [2.75, 3.05) is 12.4 Å². The van der Waals surface area contributed by atoms with Crippen molar-refractivity contribution in [2.24, 2.45) is 0 Å². The van der Waals surface area contributed by atoms with Crippen molar-refractivity contribution in [2.45, 2.75) is 38.6 Å². The highest BCUT2D eigenvalue weighted by Gasteiger charge is 2.16. The zero-order chi connectivity index (χ0) is 20.2. The largest absolute Gasteiger partial charge is 0.497 e. The minimum absolute atomic E-state index is 0.160. The Morgan fingerprint density at radius 3 is 2.72 bits per heavy atom. The first-order valence-electron chi connectivity index (χ1n) is 9.63. The Morgan fingerprint density at radius 1 is 1.14 bits per heavy atom. The Bertz CT molecular complexity index is 1050. The van der Waals surface area contributed by atoms with Gasteiger partial charge in [-0.3, -0.25) is 9.59 Å². The minimum atomic E-state index is -0.327. The van der Waals surface area contributed by atoms with E-state index in [0.717, 1.165) is 36.3 Å². The molecule has 2 heterocycles. The number of anilines is 1. The lowest BCUT2D eigenvalue weighted by Crippen LogP contribution is -2.29. The van der Waals surface area contributed by atoms with E-state index in [1.165, 1.54) is 39.8 Å². The second-order valence-electron chi connectivity index (χ2n) is 6.94. The van der Waals surface area contributed by atoms with Crippen LogP contribution in [0.1, 0.15) is 29.8 Å². The average molecular weight is 410 g/mol. The number of ether oxygens (including phenoxy) is 1. The van der Waals surface area contributed by atoms with Crippen LogP contribution < -0.4 is 15.6 Å². The van der Waals surface area contributed by atoms with E-state index < -0.39 is 0 Å². The van der Waals surface area contributed by atoms with Crippen molar-refractivity contribution >= 4 is 22.4 Å². The van der Waals surface area contributed by atoms with Crippen molar-refractivity contribution < 1.29 is 9.53 Å². The maximum atomic E-state index is 12.5. The third-order valence-electron chi connectivity index (χ3n) is 4.89. The molecule has 1 aliphatic carbocycles. The molecule has 0 radical (unpaired) electrons. The average Bonchev–Trinajstić information content (AvgIpc) is 2.97. The molecule has 0 saturated carbocycles. The Morgan fingerprint density at radius 2 is 1.93 bits per heavy atom. The molecule has 1 aromatic carbocycles. The third-order valence-corrected chi connectivity index (χ3v) is 5.96. The summed E-state index contributed by atoms with van der Waals surface area (Å²) in [7, 11) is 1.60. The van der Waals surface area contributed by atoms with Crippen LogP contribution in [0.4, 0.5) is 5.13 Å². The van der Waals surface area contributed by atoms with E-state index in [0.29, 0.717) is 10.8 Å². The van der Waals surface area contributed by atoms with Crippen molar-refractivity contribution in [3.8, 4) is 17.0 Å². The van der Waals surface area contributed by atoms with E-state index in [9.17, 15) is 9.59 Å². The van der Waals surface area contributed by atoms with Gasteiger partial charge in [0.1, 0.15) is 12.3 Å². The number of aromatic nitrogens is 3. The zero-order valence-electron chi connectivity index (χ0n) is 16.2. The first-order valence-corrected chi connectivity index (χ1v) is 10.4. The zero-order valence-corrected chi connectivity index (χ0v) is 17.0. The van der Waals surface area contributed by atoms with Gasteiger partial charge in [-0.25, -0.2) is 9.67 Å². The monoisotopic (exact) mass is 410 g/mol. The number of hydrogen-bond donors (Lipinski definition) is 1. The van der Waals surface area contributed by atoms with Gasteiger partial charge < -0.3 is 10.1 Å². The van der Waals surface area contributed by atoms with Gasteiger partial charge in [-0.05, 0) is 56.0 Å². The first-order chi connectivity index (χ1) is 14.1. The summed E-state index contributed by atoms with van der Waals surface area (Å²) in [6, 6.07) is 10.4. The van der Waals surface area contributed by atoms with Gasteiger partial charge in [0.05, 0.1) is 18.5 Å². The van der Waals surface area contributed by atoms with E-state index in [1.807, 2.05) is 24.3 Å². The summed E-state index contributed by atoms with van der Waals surface area (Å²) in [6.45, 7) is -0.160. The number of carbonyl (C=O) groups excluding carboxylic acids is 1. The lowest BCUT2D eigenvalue weighted by atomic mass is 10.1. The number of rotatable bonds is 5. The van der Waals surface area contributed by atoms with Crippen LogP contribution in [0.15, 0.2) is 41.2 Å². The summed E-state index contributed by atoms with van der Waals surface area (Å²) < 4.78 is 6.33. The van der Waals surface area contributed by atoms with Gasteiger partial charge in [0.15, 0.2) is 5.13 Å². The fourth-order valence-corrected chi connectivity index (χ4v) is 4.42. The number of carbonyl (C=O) groups is 1. The molecule has 8 heteroatoms. The molecular weight excluding hydrogens is 388 g/mol. The van der Waals surface area contributed by atoms with Gasteiger partial charge >= 0.3 is 0 Å². The number of amides is 1. The molecule has 29 heavy (non-hydrogen) atoms. The molecule has 150 valence electrons. The predicted octanol–water partition coefficient (Wildman–Crippen LogP) is 3.28. The van der Waals surface area contributed by atoms with Gasteiger partial charge in [0.25, 0.3) is 5.56 Å². The fourth-order valence-electron chi connectivity index (χ4n) is 3.35. The number of aryl methyl sites for hydroxylation is 2. The lowest BCUT2D eigenvalue weighted by molar-refractivity contribution is -0.117. The van der Waals surface area contributed by atoms with Gasteiger partial charge in [0.2, 0.25) is 5.91 Å². The molecule has 0 spiro atoms. The topological polar surface area (TPSA) is 86.1 Å². The Hall–Kier alpha value is -3.00. The molecule has 0 aliphatic heterocycles. The summed E-state index contributed by atoms with van der Waals surface area (Å²) in [5.74, 6) is 0.429. The fraction of sp³-hybridized carbons (Fsp3) is 0.333. The quantitative estimate of drug-likeness (QED) is 0.653. The van der Waals surface area contributed by atoms with Crippen LogP contribution in [0.5, 0.6) is 5.75 Å². The number of thiazole rings is 1. The van der Waals surface area contributed by atoms with E-state index in [4.69, 9.17) is 4.74 Å². The van der Waals surface area contributed by atoms with Crippen LogP contribution in [0.2, 0.25) is 0 Å². The van der Waals surface area contributed by atoms with E-state index in [2.05, 4.69) is 15.4 Å². The van der Waals surface area contributed by atoms with Gasteiger partial charge in [-0.15, -0.1) is 11.3 Å². The van der Waals surface area contributed by atoms with Crippen molar-refractivity contribution in [1.29, 1.82) is 0 Å². The lowest BCUT2D eigenvalue weighted by Gasteiger charge is -2.07. The summed E-state index contributed by atoms with van der Waals surface area (Å²) in [5.41, 5.74) is 2.22. The Kier molecular flexibility index (Phi) is 5.71. The third kappa shape index (κ3) is 4.54. The standard InChI is InChI=1S/C21H22N4O3S/c1-28-15-9-7-14(8-10-15)16-11-12-20(27)25(24-16)13-19(26)23-21-22-17-5-3-2-4-6-18(17)29-21/h7-12H,2-6,13H2,1H3,(H,22,23,26). The predicted molar refractivity (Wildman–Crippen MR) is 112 cm³/mol.